The summed E-state index contributed by atoms with van der Waals surface area (Å²) in [6.45, 7) is 11.5. The number of rotatable bonds is 12. The Labute approximate surface area is 287 Å². The minimum Gasteiger partial charge on any atom is -0.299 e. The molecule has 0 spiro atoms. The summed E-state index contributed by atoms with van der Waals surface area (Å²) >= 11 is 0. The zero-order valence-electron chi connectivity index (χ0n) is 28.6. The van der Waals surface area contributed by atoms with Crippen molar-refractivity contribution in [2.45, 2.75) is 103 Å². The molecule has 6 heteroatoms. The van der Waals surface area contributed by atoms with Gasteiger partial charge in [-0.2, -0.15) is 21.0 Å². The van der Waals surface area contributed by atoms with Crippen LogP contribution in [-0.4, -0.2) is 11.6 Å². The Morgan fingerprint density at radius 1 is 0.646 bits per heavy atom. The van der Waals surface area contributed by atoms with Gasteiger partial charge in [0.25, 0.3) is 0 Å². The van der Waals surface area contributed by atoms with Crippen LogP contribution in [0, 0.1) is 67.0 Å². The first-order chi connectivity index (χ1) is 23.2. The van der Waals surface area contributed by atoms with Gasteiger partial charge >= 0.3 is 0 Å². The zero-order valence-corrected chi connectivity index (χ0v) is 28.6. The molecule has 4 rings (SSSR count). The van der Waals surface area contributed by atoms with Gasteiger partial charge in [0.15, 0.2) is 10.8 Å². The van der Waals surface area contributed by atoms with E-state index >= 15 is 0 Å². The fraction of sp³-hybridized carbons (Fsp3) is 0.476. The maximum Gasteiger partial charge on any atom is 0.154 e. The molecule has 248 valence electrons. The van der Waals surface area contributed by atoms with E-state index in [1.165, 1.54) is 0 Å². The third-order valence-electron chi connectivity index (χ3n) is 11.0. The van der Waals surface area contributed by atoms with E-state index in [4.69, 9.17) is 0 Å². The van der Waals surface area contributed by atoms with Crippen LogP contribution in [-0.2, 0) is 9.59 Å². The van der Waals surface area contributed by atoms with Crippen molar-refractivity contribution in [2.24, 2.45) is 21.7 Å². The molecule has 0 aliphatic heterocycles. The Bertz CT molecular complexity index is 1450. The molecular weight excluding hydrogens is 592 g/mol. The highest BCUT2D eigenvalue weighted by atomic mass is 16.1. The van der Waals surface area contributed by atoms with Crippen LogP contribution in [0.5, 0.6) is 0 Å². The van der Waals surface area contributed by atoms with Gasteiger partial charge in [-0.05, 0) is 62.5 Å². The molecule has 0 N–H and O–H groups in total. The van der Waals surface area contributed by atoms with E-state index in [0.29, 0.717) is 25.7 Å². The van der Waals surface area contributed by atoms with Crippen molar-refractivity contribution >= 4 is 11.6 Å². The van der Waals surface area contributed by atoms with Crippen molar-refractivity contribution in [3.63, 3.8) is 0 Å². The second kappa shape index (κ2) is 16.9. The second-order valence-corrected chi connectivity index (χ2v) is 13.3. The number of hydrogen-bond acceptors (Lipinski definition) is 6. The average molecular weight is 641 g/mol. The second-order valence-electron chi connectivity index (χ2n) is 13.3. The Hall–Kier alpha value is -4.78. The van der Waals surface area contributed by atoms with E-state index in [-0.39, 0.29) is 24.4 Å². The summed E-state index contributed by atoms with van der Waals surface area (Å²) in [7, 11) is 0. The molecule has 2 aromatic rings. The average Bonchev–Trinajstić information content (AvgIpc) is 3.13. The Morgan fingerprint density at radius 2 is 0.979 bits per heavy atom. The minimum absolute atomic E-state index is 0.198. The quantitative estimate of drug-likeness (QED) is 0.212. The molecule has 2 aliphatic rings. The fourth-order valence-corrected chi connectivity index (χ4v) is 8.62. The molecule has 0 saturated heterocycles. The summed E-state index contributed by atoms with van der Waals surface area (Å²) in [6.07, 6.45) is 11.3. The zero-order chi connectivity index (χ0) is 35.3. The lowest BCUT2D eigenvalue weighted by Gasteiger charge is -2.46. The molecule has 2 saturated carbocycles. The Kier molecular flexibility index (Phi) is 13.2. The number of nitriles is 4. The molecular formula is C42H48N4O2. The third kappa shape index (κ3) is 7.05. The van der Waals surface area contributed by atoms with Crippen LogP contribution in [0.25, 0.3) is 0 Å². The highest BCUT2D eigenvalue weighted by Crippen LogP contribution is 2.57. The van der Waals surface area contributed by atoms with Gasteiger partial charge in [-0.3, -0.25) is 9.59 Å². The molecule has 4 atom stereocenters. The lowest BCUT2D eigenvalue weighted by atomic mass is 9.53. The molecule has 0 radical (unpaired) electrons. The van der Waals surface area contributed by atoms with Crippen molar-refractivity contribution < 1.29 is 9.59 Å². The fourth-order valence-electron chi connectivity index (χ4n) is 8.62. The summed E-state index contributed by atoms with van der Waals surface area (Å²) < 4.78 is 0. The van der Waals surface area contributed by atoms with E-state index in [0.717, 1.165) is 49.7 Å². The van der Waals surface area contributed by atoms with Crippen molar-refractivity contribution in [1.29, 1.82) is 21.0 Å². The first-order valence-corrected chi connectivity index (χ1v) is 17.2. The lowest BCUT2D eigenvalue weighted by molar-refractivity contribution is -0.135. The van der Waals surface area contributed by atoms with Crippen LogP contribution in [0.4, 0.5) is 0 Å². The first kappa shape index (κ1) is 37.7. The molecule has 0 aromatic heterocycles. The van der Waals surface area contributed by atoms with Gasteiger partial charge in [0.2, 0.25) is 0 Å². The van der Waals surface area contributed by atoms with Crippen LogP contribution in [0.3, 0.4) is 0 Å². The molecule has 0 unspecified atom stereocenters. The molecule has 0 amide bonds. The number of Topliss-reactive ketones (excluding diaryl/α,β-unsaturated/α-hetero) is 2. The van der Waals surface area contributed by atoms with Crippen LogP contribution in [0.1, 0.15) is 114 Å². The topological polar surface area (TPSA) is 129 Å². The number of carbonyl (C=O) groups excluding carboxylic acids is 2. The van der Waals surface area contributed by atoms with Crippen molar-refractivity contribution in [3.05, 3.63) is 97.1 Å². The van der Waals surface area contributed by atoms with Gasteiger partial charge < -0.3 is 0 Å². The molecule has 0 heterocycles. The molecule has 0 bridgehead atoms. The molecule has 2 fully saturated rings. The maximum atomic E-state index is 13.0. The monoisotopic (exact) mass is 640 g/mol. The van der Waals surface area contributed by atoms with Crippen molar-refractivity contribution in [3.8, 4) is 24.3 Å². The van der Waals surface area contributed by atoms with Crippen LogP contribution >= 0.6 is 0 Å². The molecule has 6 nitrogen and oxygen atoms in total. The van der Waals surface area contributed by atoms with Crippen LogP contribution in [0.15, 0.2) is 86.0 Å². The Balaban J connectivity index is 0.000000260. The predicted molar refractivity (Wildman–Crippen MR) is 188 cm³/mol. The van der Waals surface area contributed by atoms with Gasteiger partial charge in [-0.1, -0.05) is 99.5 Å². The van der Waals surface area contributed by atoms with Gasteiger partial charge in [0.05, 0.1) is 24.3 Å². The minimum atomic E-state index is -1.27. The van der Waals surface area contributed by atoms with Crippen molar-refractivity contribution in [2.75, 3.05) is 0 Å². The Morgan fingerprint density at radius 3 is 1.23 bits per heavy atom. The first-order valence-electron chi connectivity index (χ1n) is 17.2. The highest BCUT2D eigenvalue weighted by Gasteiger charge is 2.56. The largest absolute Gasteiger partial charge is 0.299 e. The standard InChI is InChI=1S/2C21H24N2O/c2*1-3-13-20(15-22,16-23)19(17-10-6-5-7-11-17)21(4-2)14-9-8-12-18(21)24/h2*3,5-7,10-11,19H,1,4,8-9,12-14H2,2H3/t2*19-,21-/m00/s1. The molecule has 2 aromatic carbocycles. The summed E-state index contributed by atoms with van der Waals surface area (Å²) in [5.41, 5.74) is -2.03. The van der Waals surface area contributed by atoms with E-state index in [9.17, 15) is 30.6 Å². The number of ketones is 2. The summed E-state index contributed by atoms with van der Waals surface area (Å²) in [5.74, 6) is -0.470. The third-order valence-corrected chi connectivity index (χ3v) is 11.0. The predicted octanol–water partition coefficient (Wildman–Crippen LogP) is 9.84. The molecule has 48 heavy (non-hydrogen) atoms. The van der Waals surface area contributed by atoms with Gasteiger partial charge in [0.1, 0.15) is 11.6 Å². The number of hydrogen-bond donors (Lipinski definition) is 0. The lowest BCUT2D eigenvalue weighted by Crippen LogP contribution is -2.46. The van der Waals surface area contributed by atoms with Gasteiger partial charge in [-0.25, -0.2) is 0 Å². The summed E-state index contributed by atoms with van der Waals surface area (Å²) in [4.78, 5) is 26.0. The number of nitrogens with zero attached hydrogens (tertiary/aromatic N) is 4. The molecule has 2 aliphatic carbocycles. The van der Waals surface area contributed by atoms with E-state index in [1.807, 2.05) is 74.5 Å². The summed E-state index contributed by atoms with van der Waals surface area (Å²) in [6, 6.07) is 28.3. The normalized spacial score (nSPS) is 22.2. The van der Waals surface area contributed by atoms with E-state index in [1.54, 1.807) is 12.2 Å². The van der Waals surface area contributed by atoms with Gasteiger partial charge in [0, 0.05) is 35.5 Å². The van der Waals surface area contributed by atoms with Crippen LogP contribution < -0.4 is 0 Å². The van der Waals surface area contributed by atoms with Gasteiger partial charge in [-0.15, -0.1) is 13.2 Å². The highest BCUT2D eigenvalue weighted by molar-refractivity contribution is 5.87. The number of carbonyl (C=O) groups is 2. The van der Waals surface area contributed by atoms with Crippen molar-refractivity contribution in [1.82, 2.24) is 0 Å². The van der Waals surface area contributed by atoms with E-state index in [2.05, 4.69) is 37.4 Å². The number of benzene rings is 2. The maximum absolute atomic E-state index is 13.0. The van der Waals surface area contributed by atoms with E-state index < -0.39 is 33.5 Å². The smallest absolute Gasteiger partial charge is 0.154 e. The SMILES string of the molecule is C=CCC(C#N)(C#N)[C@H](c1ccccc1)[C@@]1(CC)CCCCC1=O.C=CCC(C#N)(C#N)[C@H](c1ccccc1)[C@@]1(CC)CCCCC1=O. The summed E-state index contributed by atoms with van der Waals surface area (Å²) in [5, 5.41) is 39.7. The number of allylic oxidation sites excluding steroid dienone is 2. The van der Waals surface area contributed by atoms with Crippen LogP contribution in [0.2, 0.25) is 0 Å².